The Morgan fingerprint density at radius 1 is 1.15 bits per heavy atom. The first-order valence-corrected chi connectivity index (χ1v) is 9.41. The highest BCUT2D eigenvalue weighted by Gasteiger charge is 2.17. The molecule has 0 fully saturated rings. The molecule has 0 unspecified atom stereocenters. The van der Waals surface area contributed by atoms with Gasteiger partial charge in [-0.25, -0.2) is 9.37 Å². The van der Waals surface area contributed by atoms with Gasteiger partial charge in [-0.2, -0.15) is 5.10 Å². The van der Waals surface area contributed by atoms with E-state index in [0.717, 1.165) is 16.8 Å². The van der Waals surface area contributed by atoms with E-state index in [1.807, 2.05) is 37.3 Å². The zero-order chi connectivity index (χ0) is 19.0. The zero-order valence-corrected chi connectivity index (χ0v) is 15.7. The van der Waals surface area contributed by atoms with Crippen molar-refractivity contribution in [1.29, 1.82) is 0 Å². The molecule has 0 saturated heterocycles. The van der Waals surface area contributed by atoms with E-state index in [2.05, 4.69) is 10.1 Å². The van der Waals surface area contributed by atoms with Crippen LogP contribution in [0.4, 0.5) is 4.39 Å². The molecular formula is C20H17FN4OS. The highest BCUT2D eigenvalue weighted by atomic mass is 32.2. The van der Waals surface area contributed by atoms with E-state index in [1.54, 1.807) is 28.6 Å². The number of nitrogens with zero attached hydrogens (tertiary/aromatic N) is 4. The van der Waals surface area contributed by atoms with Crippen LogP contribution in [0.2, 0.25) is 0 Å². The maximum atomic E-state index is 13.5. The molecule has 4 aromatic rings. The number of aryl methyl sites for hydroxylation is 2. The normalized spacial score (nSPS) is 11.2. The highest BCUT2D eigenvalue weighted by molar-refractivity contribution is 7.98. The van der Waals surface area contributed by atoms with Gasteiger partial charge in [0.25, 0.3) is 5.56 Å². The number of fused-ring (bicyclic) bond motifs is 1. The molecule has 0 aliphatic carbocycles. The fraction of sp³-hybridized carbons (Fsp3) is 0.150. The standard InChI is InChI=1S/C20H17FN4OS/c1-13-6-3-4-9-17(13)25-19(26)16-11-24(2)23-18(16)22-20(25)27-12-14-7-5-8-15(21)10-14/h3-11H,12H2,1-2H3. The third-order valence-corrected chi connectivity index (χ3v) is 5.26. The molecule has 0 amide bonds. The largest absolute Gasteiger partial charge is 0.273 e. The Morgan fingerprint density at radius 3 is 2.74 bits per heavy atom. The summed E-state index contributed by atoms with van der Waals surface area (Å²) >= 11 is 1.39. The van der Waals surface area contributed by atoms with Crippen molar-refractivity contribution in [3.8, 4) is 5.69 Å². The molecule has 7 heteroatoms. The smallest absolute Gasteiger partial charge is 0.269 e. The molecule has 0 saturated carbocycles. The summed E-state index contributed by atoms with van der Waals surface area (Å²) in [4.78, 5) is 17.8. The van der Waals surface area contributed by atoms with Crippen LogP contribution < -0.4 is 5.56 Å². The molecule has 2 aromatic carbocycles. The summed E-state index contributed by atoms with van der Waals surface area (Å²) in [5.74, 6) is 0.214. The van der Waals surface area contributed by atoms with Crippen molar-refractivity contribution in [3.05, 3.63) is 82.0 Å². The number of hydrogen-bond donors (Lipinski definition) is 0. The molecule has 0 radical (unpaired) electrons. The summed E-state index contributed by atoms with van der Waals surface area (Å²) in [5.41, 5.74) is 2.82. The van der Waals surface area contributed by atoms with Gasteiger partial charge in [-0.05, 0) is 36.2 Å². The topological polar surface area (TPSA) is 52.7 Å². The Kier molecular flexibility index (Phi) is 4.53. The maximum Gasteiger partial charge on any atom is 0.269 e. The molecular weight excluding hydrogens is 363 g/mol. The Morgan fingerprint density at radius 2 is 1.96 bits per heavy atom. The SMILES string of the molecule is Cc1ccccc1-n1c(SCc2cccc(F)c2)nc2nn(C)cc2c1=O. The minimum absolute atomic E-state index is 0.163. The molecule has 5 nitrogen and oxygen atoms in total. The van der Waals surface area contributed by atoms with Crippen LogP contribution in [0.15, 0.2) is 64.7 Å². The first-order chi connectivity index (χ1) is 13.0. The third kappa shape index (κ3) is 3.38. The van der Waals surface area contributed by atoms with Crippen molar-refractivity contribution in [1.82, 2.24) is 19.3 Å². The first kappa shape index (κ1) is 17.5. The number of thioether (sulfide) groups is 1. The minimum atomic E-state index is -0.280. The quantitative estimate of drug-likeness (QED) is 0.399. The zero-order valence-electron chi connectivity index (χ0n) is 14.9. The monoisotopic (exact) mass is 380 g/mol. The molecule has 27 heavy (non-hydrogen) atoms. The van der Waals surface area contributed by atoms with Gasteiger partial charge >= 0.3 is 0 Å². The van der Waals surface area contributed by atoms with Crippen molar-refractivity contribution in [2.75, 3.05) is 0 Å². The average molecular weight is 380 g/mol. The van der Waals surface area contributed by atoms with Crippen LogP contribution in [0.5, 0.6) is 0 Å². The van der Waals surface area contributed by atoms with Crippen LogP contribution in [0.1, 0.15) is 11.1 Å². The minimum Gasteiger partial charge on any atom is -0.273 e. The second-order valence-corrected chi connectivity index (χ2v) is 7.22. The highest BCUT2D eigenvalue weighted by Crippen LogP contribution is 2.25. The molecule has 2 heterocycles. The van der Waals surface area contributed by atoms with E-state index in [1.165, 1.54) is 23.9 Å². The van der Waals surface area contributed by atoms with Crippen molar-refractivity contribution in [3.63, 3.8) is 0 Å². The van der Waals surface area contributed by atoms with E-state index in [-0.39, 0.29) is 11.4 Å². The van der Waals surface area contributed by atoms with Gasteiger partial charge in [-0.3, -0.25) is 14.0 Å². The Labute approximate surface area is 159 Å². The molecule has 0 atom stereocenters. The van der Waals surface area contributed by atoms with Gasteiger partial charge in [0.2, 0.25) is 0 Å². The van der Waals surface area contributed by atoms with E-state index >= 15 is 0 Å². The van der Waals surface area contributed by atoms with E-state index in [9.17, 15) is 9.18 Å². The molecule has 4 rings (SSSR count). The number of hydrogen-bond acceptors (Lipinski definition) is 4. The number of benzene rings is 2. The summed E-state index contributed by atoms with van der Waals surface area (Å²) in [6, 6.07) is 14.1. The third-order valence-electron chi connectivity index (χ3n) is 4.25. The van der Waals surface area contributed by atoms with E-state index < -0.39 is 0 Å². The van der Waals surface area contributed by atoms with Crippen LogP contribution in [-0.4, -0.2) is 19.3 Å². The Balaban J connectivity index is 1.86. The van der Waals surface area contributed by atoms with Gasteiger partial charge in [-0.15, -0.1) is 0 Å². The van der Waals surface area contributed by atoms with Crippen molar-refractivity contribution >= 4 is 22.8 Å². The Hall–Kier alpha value is -2.93. The van der Waals surface area contributed by atoms with Gasteiger partial charge in [-0.1, -0.05) is 42.1 Å². The van der Waals surface area contributed by atoms with Gasteiger partial charge in [0.05, 0.1) is 5.69 Å². The molecule has 2 aromatic heterocycles. The second-order valence-electron chi connectivity index (χ2n) is 6.28. The predicted molar refractivity (Wildman–Crippen MR) is 105 cm³/mol. The first-order valence-electron chi connectivity index (χ1n) is 8.42. The van der Waals surface area contributed by atoms with Crippen LogP contribution in [0.25, 0.3) is 16.7 Å². The fourth-order valence-corrected chi connectivity index (χ4v) is 3.89. The number of para-hydroxylation sites is 1. The summed E-state index contributed by atoms with van der Waals surface area (Å²) in [7, 11) is 1.76. The van der Waals surface area contributed by atoms with Crippen molar-refractivity contribution < 1.29 is 4.39 Å². The van der Waals surface area contributed by atoms with E-state index in [4.69, 9.17) is 0 Å². The lowest BCUT2D eigenvalue weighted by Crippen LogP contribution is -2.22. The number of halogens is 1. The molecule has 0 N–H and O–H groups in total. The summed E-state index contributed by atoms with van der Waals surface area (Å²) in [6.07, 6.45) is 1.68. The summed E-state index contributed by atoms with van der Waals surface area (Å²) in [5, 5.41) is 5.28. The molecule has 136 valence electrons. The van der Waals surface area contributed by atoms with Gasteiger partial charge < -0.3 is 0 Å². The summed E-state index contributed by atoms with van der Waals surface area (Å²) < 4.78 is 16.7. The lowest BCUT2D eigenvalue weighted by atomic mass is 10.2. The Bertz CT molecular complexity index is 1200. The van der Waals surface area contributed by atoms with Crippen LogP contribution in [-0.2, 0) is 12.8 Å². The molecule has 0 spiro atoms. The maximum absolute atomic E-state index is 13.5. The van der Waals surface area contributed by atoms with Crippen LogP contribution in [0, 0.1) is 12.7 Å². The molecule has 0 bridgehead atoms. The van der Waals surface area contributed by atoms with Crippen LogP contribution >= 0.6 is 11.8 Å². The van der Waals surface area contributed by atoms with Gasteiger partial charge in [0.15, 0.2) is 10.8 Å². The van der Waals surface area contributed by atoms with E-state index in [0.29, 0.717) is 21.9 Å². The number of rotatable bonds is 4. The van der Waals surface area contributed by atoms with Crippen molar-refractivity contribution in [2.24, 2.45) is 7.05 Å². The second kappa shape index (κ2) is 7.00. The fourth-order valence-electron chi connectivity index (χ4n) is 2.96. The van der Waals surface area contributed by atoms with Gasteiger partial charge in [0, 0.05) is 19.0 Å². The lowest BCUT2D eigenvalue weighted by molar-refractivity contribution is 0.626. The number of aromatic nitrogens is 4. The van der Waals surface area contributed by atoms with Crippen molar-refractivity contribution in [2.45, 2.75) is 17.8 Å². The average Bonchev–Trinajstić information content (AvgIpc) is 3.02. The predicted octanol–water partition coefficient (Wildman–Crippen LogP) is 3.86. The summed E-state index contributed by atoms with van der Waals surface area (Å²) in [6.45, 7) is 1.95. The lowest BCUT2D eigenvalue weighted by Gasteiger charge is -2.13. The molecule has 0 aliphatic heterocycles. The molecule has 0 aliphatic rings. The van der Waals surface area contributed by atoms with Crippen LogP contribution in [0.3, 0.4) is 0 Å². The van der Waals surface area contributed by atoms with Gasteiger partial charge in [0.1, 0.15) is 11.2 Å².